The summed E-state index contributed by atoms with van der Waals surface area (Å²) in [5.74, 6) is -0.729. The fourth-order valence-corrected chi connectivity index (χ4v) is 2.65. The van der Waals surface area contributed by atoms with Gasteiger partial charge in [0.05, 0.1) is 18.1 Å². The molecule has 0 aromatic heterocycles. The van der Waals surface area contributed by atoms with Crippen molar-refractivity contribution in [3.63, 3.8) is 0 Å². The SMILES string of the molecule is CCOC(=O)C1=C(C)OC(N)=C(C#N)[C@@H]1c1ccc(N(C)C)cc1. The number of carbonyl (C=O) groups is 1. The molecule has 0 saturated carbocycles. The Hall–Kier alpha value is -2.94. The van der Waals surface area contributed by atoms with Gasteiger partial charge in [-0.15, -0.1) is 0 Å². The minimum Gasteiger partial charge on any atom is -0.463 e. The summed E-state index contributed by atoms with van der Waals surface area (Å²) in [5.41, 5.74) is 8.17. The summed E-state index contributed by atoms with van der Waals surface area (Å²) in [6.07, 6.45) is 0. The number of esters is 1. The molecule has 0 unspecified atom stereocenters. The maximum Gasteiger partial charge on any atom is 0.338 e. The highest BCUT2D eigenvalue weighted by atomic mass is 16.5. The molecule has 1 aromatic rings. The Bertz CT molecular complexity index is 740. The van der Waals surface area contributed by atoms with Crippen molar-refractivity contribution < 1.29 is 14.3 Å². The van der Waals surface area contributed by atoms with Crippen LogP contribution in [-0.2, 0) is 14.3 Å². The van der Waals surface area contributed by atoms with Crippen LogP contribution >= 0.6 is 0 Å². The number of allylic oxidation sites excluding steroid dienone is 2. The first-order chi connectivity index (χ1) is 11.4. The smallest absolute Gasteiger partial charge is 0.338 e. The van der Waals surface area contributed by atoms with E-state index < -0.39 is 11.9 Å². The number of nitriles is 1. The minimum atomic E-state index is -0.598. The molecule has 24 heavy (non-hydrogen) atoms. The van der Waals surface area contributed by atoms with Crippen molar-refractivity contribution in [2.45, 2.75) is 19.8 Å². The predicted octanol–water partition coefficient (Wildman–Crippen LogP) is 2.40. The largest absolute Gasteiger partial charge is 0.463 e. The molecule has 6 nitrogen and oxygen atoms in total. The molecular weight excluding hydrogens is 306 g/mol. The van der Waals surface area contributed by atoms with Crippen LogP contribution < -0.4 is 10.6 Å². The average Bonchev–Trinajstić information content (AvgIpc) is 2.54. The molecule has 0 radical (unpaired) electrons. The monoisotopic (exact) mass is 327 g/mol. The van der Waals surface area contributed by atoms with E-state index >= 15 is 0 Å². The van der Waals surface area contributed by atoms with Crippen LogP contribution in [0.5, 0.6) is 0 Å². The molecule has 6 heteroatoms. The van der Waals surface area contributed by atoms with Crippen molar-refractivity contribution >= 4 is 11.7 Å². The lowest BCUT2D eigenvalue weighted by Crippen LogP contribution is -2.25. The molecule has 0 fully saturated rings. The molecule has 1 heterocycles. The molecule has 1 aliphatic rings. The van der Waals surface area contributed by atoms with Gasteiger partial charge in [-0.1, -0.05) is 12.1 Å². The standard InChI is InChI=1S/C18H21N3O3/c1-5-23-18(22)15-11(2)24-17(20)14(10-19)16(15)12-6-8-13(9-7-12)21(3)4/h6-9,16H,5,20H2,1-4H3/t16-/m0/s1. The molecule has 1 atom stereocenters. The summed E-state index contributed by atoms with van der Waals surface area (Å²) in [6, 6.07) is 9.67. The number of benzene rings is 1. The molecule has 1 aliphatic heterocycles. The zero-order valence-electron chi connectivity index (χ0n) is 14.3. The van der Waals surface area contributed by atoms with Gasteiger partial charge >= 0.3 is 5.97 Å². The molecule has 0 saturated heterocycles. The molecule has 1 aromatic carbocycles. The second-order valence-electron chi connectivity index (χ2n) is 5.60. The first-order valence-corrected chi connectivity index (χ1v) is 7.63. The lowest BCUT2D eigenvalue weighted by molar-refractivity contribution is -0.139. The van der Waals surface area contributed by atoms with E-state index in [4.69, 9.17) is 15.2 Å². The van der Waals surface area contributed by atoms with E-state index in [0.717, 1.165) is 11.3 Å². The van der Waals surface area contributed by atoms with Crippen molar-refractivity contribution in [1.82, 2.24) is 0 Å². The quantitative estimate of drug-likeness (QED) is 0.854. The number of nitrogens with two attached hydrogens (primary N) is 1. The fraction of sp³-hybridized carbons (Fsp3) is 0.333. The van der Waals surface area contributed by atoms with Crippen LogP contribution in [0.15, 0.2) is 47.1 Å². The number of hydrogen-bond acceptors (Lipinski definition) is 6. The lowest BCUT2D eigenvalue weighted by Gasteiger charge is -2.27. The summed E-state index contributed by atoms with van der Waals surface area (Å²) in [6.45, 7) is 3.62. The van der Waals surface area contributed by atoms with E-state index in [9.17, 15) is 10.1 Å². The molecule has 0 bridgehead atoms. The van der Waals surface area contributed by atoms with Gasteiger partial charge in [-0.25, -0.2) is 4.79 Å². The molecular formula is C18H21N3O3. The Balaban J connectivity index is 2.55. The molecule has 2 rings (SSSR count). The summed E-state index contributed by atoms with van der Waals surface area (Å²) in [4.78, 5) is 14.4. The number of rotatable bonds is 4. The number of hydrogen-bond donors (Lipinski definition) is 1. The maximum absolute atomic E-state index is 12.4. The average molecular weight is 327 g/mol. The van der Waals surface area contributed by atoms with Gasteiger partial charge < -0.3 is 20.1 Å². The molecule has 2 N–H and O–H groups in total. The Kier molecular flexibility index (Phi) is 5.14. The van der Waals surface area contributed by atoms with E-state index in [1.165, 1.54) is 0 Å². The zero-order chi connectivity index (χ0) is 17.9. The molecule has 0 spiro atoms. The van der Waals surface area contributed by atoms with Crippen LogP contribution in [0.4, 0.5) is 5.69 Å². The van der Waals surface area contributed by atoms with Crippen LogP contribution in [-0.4, -0.2) is 26.7 Å². The molecule has 0 amide bonds. The maximum atomic E-state index is 12.4. The van der Waals surface area contributed by atoms with Crippen LogP contribution in [0.3, 0.4) is 0 Å². The molecule has 0 aliphatic carbocycles. The highest BCUT2D eigenvalue weighted by Gasteiger charge is 2.36. The zero-order valence-corrected chi connectivity index (χ0v) is 14.3. The number of nitrogens with zero attached hydrogens (tertiary/aromatic N) is 2. The van der Waals surface area contributed by atoms with Crippen molar-refractivity contribution in [3.8, 4) is 6.07 Å². The lowest BCUT2D eigenvalue weighted by atomic mass is 9.83. The topological polar surface area (TPSA) is 88.6 Å². The van der Waals surface area contributed by atoms with Gasteiger partial charge in [-0.05, 0) is 31.5 Å². The van der Waals surface area contributed by atoms with Gasteiger partial charge in [0.1, 0.15) is 17.4 Å². The third-order valence-corrected chi connectivity index (χ3v) is 3.84. The number of anilines is 1. The van der Waals surface area contributed by atoms with Crippen molar-refractivity contribution in [1.29, 1.82) is 5.26 Å². The first kappa shape index (κ1) is 17.4. The van der Waals surface area contributed by atoms with Gasteiger partial charge in [0.2, 0.25) is 5.88 Å². The van der Waals surface area contributed by atoms with E-state index in [-0.39, 0.29) is 18.1 Å². The third kappa shape index (κ3) is 3.20. The first-order valence-electron chi connectivity index (χ1n) is 7.63. The van der Waals surface area contributed by atoms with Gasteiger partial charge in [-0.3, -0.25) is 0 Å². The van der Waals surface area contributed by atoms with E-state index in [2.05, 4.69) is 6.07 Å². The van der Waals surface area contributed by atoms with Gasteiger partial charge in [-0.2, -0.15) is 5.26 Å². The number of carbonyl (C=O) groups excluding carboxylic acids is 1. The summed E-state index contributed by atoms with van der Waals surface area (Å²) in [5, 5.41) is 9.50. The predicted molar refractivity (Wildman–Crippen MR) is 90.8 cm³/mol. The van der Waals surface area contributed by atoms with Gasteiger partial charge in [0, 0.05) is 19.8 Å². The molecule has 126 valence electrons. The van der Waals surface area contributed by atoms with E-state index in [1.54, 1.807) is 13.8 Å². The van der Waals surface area contributed by atoms with E-state index in [0.29, 0.717) is 11.3 Å². The van der Waals surface area contributed by atoms with Gasteiger partial charge in [0.25, 0.3) is 0 Å². The van der Waals surface area contributed by atoms with Crippen molar-refractivity contribution in [2.75, 3.05) is 25.6 Å². The van der Waals surface area contributed by atoms with Crippen LogP contribution in [0.1, 0.15) is 25.3 Å². The Morgan fingerprint density at radius 3 is 2.50 bits per heavy atom. The summed E-state index contributed by atoms with van der Waals surface area (Å²) < 4.78 is 10.5. The van der Waals surface area contributed by atoms with Gasteiger partial charge in [0.15, 0.2) is 0 Å². The van der Waals surface area contributed by atoms with Crippen molar-refractivity contribution in [3.05, 3.63) is 52.6 Å². The Morgan fingerprint density at radius 1 is 1.38 bits per heavy atom. The fourth-order valence-electron chi connectivity index (χ4n) is 2.65. The summed E-state index contributed by atoms with van der Waals surface area (Å²) >= 11 is 0. The Morgan fingerprint density at radius 2 is 2.00 bits per heavy atom. The van der Waals surface area contributed by atoms with Crippen LogP contribution in [0.25, 0.3) is 0 Å². The highest BCUT2D eigenvalue weighted by molar-refractivity contribution is 5.92. The Labute approximate surface area is 141 Å². The normalized spacial score (nSPS) is 17.2. The number of ether oxygens (including phenoxy) is 2. The minimum absolute atomic E-state index is 0.0183. The van der Waals surface area contributed by atoms with Crippen molar-refractivity contribution in [2.24, 2.45) is 5.73 Å². The van der Waals surface area contributed by atoms with Crippen LogP contribution in [0, 0.1) is 11.3 Å². The highest BCUT2D eigenvalue weighted by Crippen LogP contribution is 2.39. The van der Waals surface area contributed by atoms with E-state index in [1.807, 2.05) is 43.3 Å². The van der Waals surface area contributed by atoms with Crippen LogP contribution in [0.2, 0.25) is 0 Å². The second kappa shape index (κ2) is 7.09. The third-order valence-electron chi connectivity index (χ3n) is 3.84. The summed E-state index contributed by atoms with van der Waals surface area (Å²) in [7, 11) is 3.88. The second-order valence-corrected chi connectivity index (χ2v) is 5.60.